The van der Waals surface area contributed by atoms with Crippen molar-refractivity contribution in [3.63, 3.8) is 0 Å². The third-order valence-electron chi connectivity index (χ3n) is 4.45. The molecule has 2 aromatic carbocycles. The van der Waals surface area contributed by atoms with Gasteiger partial charge in [-0.3, -0.25) is 0 Å². The summed E-state index contributed by atoms with van der Waals surface area (Å²) in [5.74, 6) is 1.01. The Kier molecular flexibility index (Phi) is 5.34. The topological polar surface area (TPSA) is 34.4 Å². The summed E-state index contributed by atoms with van der Waals surface area (Å²) in [5.41, 5.74) is 4.68. The van der Waals surface area contributed by atoms with Crippen molar-refractivity contribution in [3.8, 4) is 0 Å². The van der Waals surface area contributed by atoms with E-state index in [4.69, 9.17) is 9.15 Å². The van der Waals surface area contributed by atoms with Gasteiger partial charge in [0.25, 0.3) is 0 Å². The van der Waals surface area contributed by atoms with E-state index in [1.165, 1.54) is 22.1 Å². The van der Waals surface area contributed by atoms with E-state index < -0.39 is 0 Å². The molecule has 0 fully saturated rings. The maximum Gasteiger partial charge on any atom is 0.134 e. The second-order valence-corrected chi connectivity index (χ2v) is 6.10. The highest BCUT2D eigenvalue weighted by Gasteiger charge is 2.16. The molecule has 0 saturated carbocycles. The first-order valence-corrected chi connectivity index (χ1v) is 8.56. The van der Waals surface area contributed by atoms with E-state index in [1.54, 1.807) is 0 Å². The van der Waals surface area contributed by atoms with Gasteiger partial charge in [-0.2, -0.15) is 0 Å². The largest absolute Gasteiger partial charge is 0.459 e. The zero-order valence-electron chi connectivity index (χ0n) is 14.6. The fraction of sp³-hybridized carbons (Fsp3) is 0.333. The molecule has 126 valence electrons. The van der Waals surface area contributed by atoms with E-state index in [1.807, 2.05) is 19.1 Å². The minimum absolute atomic E-state index is 0.151. The zero-order valence-corrected chi connectivity index (χ0v) is 14.6. The lowest BCUT2D eigenvalue weighted by atomic mass is 10.1. The predicted octanol–water partition coefficient (Wildman–Crippen LogP) is 5.13. The maximum absolute atomic E-state index is 6.06. The average Bonchev–Trinajstić information content (AvgIpc) is 2.96. The van der Waals surface area contributed by atoms with E-state index >= 15 is 0 Å². The van der Waals surface area contributed by atoms with Gasteiger partial charge in [0.2, 0.25) is 0 Å². The molecule has 0 spiro atoms. The molecule has 0 radical (unpaired) electrons. The quantitative estimate of drug-likeness (QED) is 0.654. The molecule has 1 heterocycles. The Hall–Kier alpha value is -2.10. The van der Waals surface area contributed by atoms with Gasteiger partial charge in [-0.15, -0.1) is 0 Å². The van der Waals surface area contributed by atoms with Gasteiger partial charge in [0.15, 0.2) is 0 Å². The molecule has 3 rings (SSSR count). The first-order chi connectivity index (χ1) is 11.7. The van der Waals surface area contributed by atoms with E-state index in [9.17, 15) is 0 Å². The molecular formula is C21H25NO2. The number of nitrogens with one attached hydrogen (secondary N) is 1. The van der Waals surface area contributed by atoms with E-state index in [2.05, 4.69) is 55.6 Å². The Labute approximate surface area is 143 Å². The van der Waals surface area contributed by atoms with Crippen LogP contribution in [0.15, 0.2) is 52.9 Å². The van der Waals surface area contributed by atoms with E-state index in [-0.39, 0.29) is 6.04 Å². The molecule has 1 atom stereocenters. The molecule has 1 aromatic heterocycles. The summed E-state index contributed by atoms with van der Waals surface area (Å²) in [5, 5.41) is 4.78. The minimum atomic E-state index is 0.151. The fourth-order valence-electron chi connectivity index (χ4n) is 3.04. The highest BCUT2D eigenvalue weighted by molar-refractivity contribution is 5.82. The van der Waals surface area contributed by atoms with Crippen molar-refractivity contribution >= 4 is 11.0 Å². The van der Waals surface area contributed by atoms with Gasteiger partial charge in [-0.25, -0.2) is 0 Å². The summed E-state index contributed by atoms with van der Waals surface area (Å²) in [7, 11) is 0. The maximum atomic E-state index is 6.06. The van der Waals surface area contributed by atoms with Crippen LogP contribution in [0.1, 0.15) is 42.3 Å². The Balaban J connectivity index is 1.73. The molecule has 3 heteroatoms. The molecule has 0 saturated heterocycles. The summed E-state index contributed by atoms with van der Waals surface area (Å²) in [4.78, 5) is 0. The number of rotatable bonds is 7. The molecule has 1 N–H and O–H groups in total. The molecule has 3 aromatic rings. The number of para-hydroxylation sites is 1. The monoisotopic (exact) mass is 323 g/mol. The SMILES string of the molecule is CCOCc1ccccc1CNC(C)c1oc2ccccc2c1C. The minimum Gasteiger partial charge on any atom is -0.459 e. The highest BCUT2D eigenvalue weighted by atomic mass is 16.5. The van der Waals surface area contributed by atoms with Crippen LogP contribution in [0, 0.1) is 6.92 Å². The molecule has 0 amide bonds. The summed E-state index contributed by atoms with van der Waals surface area (Å²) in [6.45, 7) is 8.48. The smallest absolute Gasteiger partial charge is 0.134 e. The Bertz CT molecular complexity index is 806. The third kappa shape index (κ3) is 3.53. The average molecular weight is 323 g/mol. The Morgan fingerprint density at radius 2 is 1.75 bits per heavy atom. The Morgan fingerprint density at radius 3 is 2.50 bits per heavy atom. The first kappa shape index (κ1) is 16.7. The Morgan fingerprint density at radius 1 is 1.04 bits per heavy atom. The van der Waals surface area contributed by atoms with Crippen molar-refractivity contribution in [2.75, 3.05) is 6.61 Å². The lowest BCUT2D eigenvalue weighted by Gasteiger charge is -2.15. The van der Waals surface area contributed by atoms with Gasteiger partial charge >= 0.3 is 0 Å². The van der Waals surface area contributed by atoms with Crippen LogP contribution < -0.4 is 5.32 Å². The number of hydrogen-bond donors (Lipinski definition) is 1. The molecule has 0 aliphatic carbocycles. The van der Waals surface area contributed by atoms with Crippen LogP contribution in [0.2, 0.25) is 0 Å². The summed E-state index contributed by atoms with van der Waals surface area (Å²) >= 11 is 0. The number of hydrogen-bond acceptors (Lipinski definition) is 3. The summed E-state index contributed by atoms with van der Waals surface area (Å²) in [6, 6.07) is 16.8. The number of aryl methyl sites for hydroxylation is 1. The van der Waals surface area contributed by atoms with Crippen LogP contribution in [0.4, 0.5) is 0 Å². The highest BCUT2D eigenvalue weighted by Crippen LogP contribution is 2.29. The summed E-state index contributed by atoms with van der Waals surface area (Å²) in [6.07, 6.45) is 0. The van der Waals surface area contributed by atoms with Crippen LogP contribution in [-0.4, -0.2) is 6.61 Å². The second-order valence-electron chi connectivity index (χ2n) is 6.10. The van der Waals surface area contributed by atoms with Crippen LogP contribution in [0.3, 0.4) is 0 Å². The number of fused-ring (bicyclic) bond motifs is 1. The van der Waals surface area contributed by atoms with Gasteiger partial charge in [-0.05, 0) is 43.5 Å². The fourth-order valence-corrected chi connectivity index (χ4v) is 3.04. The van der Waals surface area contributed by atoms with E-state index in [0.29, 0.717) is 6.61 Å². The third-order valence-corrected chi connectivity index (χ3v) is 4.45. The predicted molar refractivity (Wildman–Crippen MR) is 98.0 cm³/mol. The van der Waals surface area contributed by atoms with Crippen LogP contribution in [0.5, 0.6) is 0 Å². The van der Waals surface area contributed by atoms with E-state index in [0.717, 1.165) is 24.5 Å². The molecule has 3 nitrogen and oxygen atoms in total. The molecule has 24 heavy (non-hydrogen) atoms. The van der Waals surface area contributed by atoms with Crippen LogP contribution in [0.25, 0.3) is 11.0 Å². The molecule has 0 aliphatic heterocycles. The van der Waals surface area contributed by atoms with Crippen molar-refractivity contribution in [1.82, 2.24) is 5.32 Å². The van der Waals surface area contributed by atoms with Crippen molar-refractivity contribution < 1.29 is 9.15 Å². The number of furan rings is 1. The normalized spacial score (nSPS) is 12.6. The number of benzene rings is 2. The number of ether oxygens (including phenoxy) is 1. The van der Waals surface area contributed by atoms with Crippen LogP contribution in [-0.2, 0) is 17.9 Å². The van der Waals surface area contributed by atoms with Crippen molar-refractivity contribution in [2.45, 2.75) is 40.0 Å². The zero-order chi connectivity index (χ0) is 16.9. The van der Waals surface area contributed by atoms with Crippen LogP contribution >= 0.6 is 0 Å². The second kappa shape index (κ2) is 7.65. The van der Waals surface area contributed by atoms with Crippen molar-refractivity contribution in [3.05, 3.63) is 71.0 Å². The van der Waals surface area contributed by atoms with Gasteiger partial charge < -0.3 is 14.5 Å². The lowest BCUT2D eigenvalue weighted by Crippen LogP contribution is -2.19. The van der Waals surface area contributed by atoms with Gasteiger partial charge in [-0.1, -0.05) is 42.5 Å². The standard InChI is InChI=1S/C21H25NO2/c1-4-23-14-18-10-6-5-9-17(18)13-22-16(3)21-15(2)19-11-7-8-12-20(19)24-21/h5-12,16,22H,4,13-14H2,1-3H3. The molecule has 1 unspecified atom stereocenters. The van der Waals surface area contributed by atoms with Gasteiger partial charge in [0, 0.05) is 18.5 Å². The first-order valence-electron chi connectivity index (χ1n) is 8.56. The lowest BCUT2D eigenvalue weighted by molar-refractivity contribution is 0.133. The summed E-state index contributed by atoms with van der Waals surface area (Å²) < 4.78 is 11.6. The van der Waals surface area contributed by atoms with Gasteiger partial charge in [0.05, 0.1) is 12.6 Å². The van der Waals surface area contributed by atoms with Crippen molar-refractivity contribution in [1.29, 1.82) is 0 Å². The molecule has 0 bridgehead atoms. The van der Waals surface area contributed by atoms with Crippen molar-refractivity contribution in [2.24, 2.45) is 0 Å². The molecular weight excluding hydrogens is 298 g/mol. The van der Waals surface area contributed by atoms with Gasteiger partial charge in [0.1, 0.15) is 11.3 Å². The molecule has 0 aliphatic rings.